The van der Waals surface area contributed by atoms with Gasteiger partial charge in [-0.3, -0.25) is 4.79 Å². The monoisotopic (exact) mass is 424 g/mol. The predicted molar refractivity (Wildman–Crippen MR) is 119 cm³/mol. The topological polar surface area (TPSA) is 58.1 Å². The minimum atomic E-state index is -0.232. The van der Waals surface area contributed by atoms with Gasteiger partial charge in [0, 0.05) is 19.1 Å². The number of hydrogen-bond acceptors (Lipinski definition) is 6. The molecule has 0 bridgehead atoms. The van der Waals surface area contributed by atoms with Crippen molar-refractivity contribution in [1.29, 1.82) is 0 Å². The Morgan fingerprint density at radius 1 is 1.07 bits per heavy atom. The molecule has 1 heterocycles. The molecular weight excluding hydrogens is 400 g/mol. The lowest BCUT2D eigenvalue weighted by Crippen LogP contribution is -2.35. The third-order valence-electron chi connectivity index (χ3n) is 4.68. The zero-order valence-corrected chi connectivity index (χ0v) is 18.0. The number of amides is 1. The number of thioether (sulfide) groups is 1. The summed E-state index contributed by atoms with van der Waals surface area (Å²) in [6.07, 6.45) is 2.40. The van der Waals surface area contributed by atoms with Gasteiger partial charge in [0.2, 0.25) is 11.0 Å². The van der Waals surface area contributed by atoms with Crippen LogP contribution in [0.1, 0.15) is 30.9 Å². The van der Waals surface area contributed by atoms with E-state index in [1.54, 1.807) is 0 Å². The maximum atomic E-state index is 13.3. The van der Waals surface area contributed by atoms with Crippen molar-refractivity contribution in [2.24, 2.45) is 0 Å². The maximum Gasteiger partial charge on any atom is 0.236 e. The summed E-state index contributed by atoms with van der Waals surface area (Å²) in [5, 5.41) is 12.4. The van der Waals surface area contributed by atoms with Crippen LogP contribution < -0.4 is 5.32 Å². The van der Waals surface area contributed by atoms with E-state index in [1.807, 2.05) is 48.2 Å². The fraction of sp³-hybridized carbons (Fsp3) is 0.318. The van der Waals surface area contributed by atoms with Crippen LogP contribution in [0.4, 0.5) is 5.13 Å². The lowest BCUT2D eigenvalue weighted by atomic mass is 10.1. The van der Waals surface area contributed by atoms with Crippen LogP contribution in [0.5, 0.6) is 0 Å². The molecular formula is C22H24N4OS2. The average Bonchev–Trinajstić information content (AvgIpc) is 3.45. The molecule has 2 aromatic carbocycles. The highest BCUT2D eigenvalue weighted by atomic mass is 32.2. The third-order valence-corrected chi connectivity index (χ3v) is 6.71. The summed E-state index contributed by atoms with van der Waals surface area (Å²) in [5.41, 5.74) is 2.25. The van der Waals surface area contributed by atoms with Crippen LogP contribution >= 0.6 is 23.1 Å². The van der Waals surface area contributed by atoms with E-state index in [9.17, 15) is 4.79 Å². The molecule has 0 radical (unpaired) electrons. The van der Waals surface area contributed by atoms with E-state index in [1.165, 1.54) is 35.9 Å². The van der Waals surface area contributed by atoms with Crippen LogP contribution in [-0.2, 0) is 17.9 Å². The zero-order chi connectivity index (χ0) is 20.1. The first kappa shape index (κ1) is 19.9. The molecule has 1 N–H and O–H groups in total. The summed E-state index contributed by atoms with van der Waals surface area (Å²) in [5.74, 6) is 0.106. The molecule has 1 aliphatic rings. The highest BCUT2D eigenvalue weighted by Gasteiger charge is 2.25. The molecule has 1 amide bonds. The van der Waals surface area contributed by atoms with Crippen molar-refractivity contribution in [2.75, 3.05) is 5.32 Å². The Bertz CT molecular complexity index is 887. The van der Waals surface area contributed by atoms with Crippen molar-refractivity contribution in [1.82, 2.24) is 15.1 Å². The minimum absolute atomic E-state index is 0.106. The number of anilines is 1. The molecule has 0 aliphatic heterocycles. The van der Waals surface area contributed by atoms with Gasteiger partial charge in [-0.15, -0.1) is 10.2 Å². The van der Waals surface area contributed by atoms with Crippen molar-refractivity contribution in [3.8, 4) is 0 Å². The van der Waals surface area contributed by atoms with Gasteiger partial charge in [0.25, 0.3) is 0 Å². The number of nitrogens with one attached hydrogen (secondary N) is 1. The smallest absolute Gasteiger partial charge is 0.236 e. The number of hydrogen-bond donors (Lipinski definition) is 1. The van der Waals surface area contributed by atoms with Crippen LogP contribution in [0.15, 0.2) is 65.0 Å². The summed E-state index contributed by atoms with van der Waals surface area (Å²) in [7, 11) is 0. The Hall–Kier alpha value is -2.38. The van der Waals surface area contributed by atoms with E-state index in [2.05, 4.69) is 39.8 Å². The highest BCUT2D eigenvalue weighted by molar-refractivity contribution is 8.02. The Kier molecular flexibility index (Phi) is 6.46. The SMILES string of the molecule is CC(Sc1nnc(NC2CC2)s1)C(=O)N(Cc1ccccc1)Cc1ccccc1. The van der Waals surface area contributed by atoms with Crippen molar-refractivity contribution < 1.29 is 4.79 Å². The van der Waals surface area contributed by atoms with E-state index in [0.717, 1.165) is 20.6 Å². The third kappa shape index (κ3) is 5.81. The van der Waals surface area contributed by atoms with Gasteiger partial charge >= 0.3 is 0 Å². The van der Waals surface area contributed by atoms with Crippen LogP contribution in [0.25, 0.3) is 0 Å². The second-order valence-electron chi connectivity index (χ2n) is 7.22. The predicted octanol–water partition coefficient (Wildman–Crippen LogP) is 4.82. The Balaban J connectivity index is 1.44. The summed E-state index contributed by atoms with van der Waals surface area (Å²) in [4.78, 5) is 15.2. The Labute approximate surface area is 179 Å². The summed E-state index contributed by atoms with van der Waals surface area (Å²) in [6.45, 7) is 3.12. The quantitative estimate of drug-likeness (QED) is 0.499. The van der Waals surface area contributed by atoms with Crippen LogP contribution in [0, 0.1) is 0 Å². The van der Waals surface area contributed by atoms with Gasteiger partial charge in [-0.25, -0.2) is 0 Å². The van der Waals surface area contributed by atoms with Gasteiger partial charge in [0.15, 0.2) is 4.34 Å². The summed E-state index contributed by atoms with van der Waals surface area (Å²) >= 11 is 3.01. The van der Waals surface area contributed by atoms with Crippen molar-refractivity contribution >= 4 is 34.1 Å². The van der Waals surface area contributed by atoms with Crippen LogP contribution in [0.2, 0.25) is 0 Å². The molecule has 1 atom stereocenters. The molecule has 3 aromatic rings. The molecule has 1 unspecified atom stereocenters. The van der Waals surface area contributed by atoms with Crippen LogP contribution in [0.3, 0.4) is 0 Å². The first-order chi connectivity index (χ1) is 14.2. The molecule has 150 valence electrons. The van der Waals surface area contributed by atoms with Crippen LogP contribution in [-0.4, -0.2) is 32.3 Å². The number of carbonyl (C=O) groups excluding carboxylic acids is 1. The van der Waals surface area contributed by atoms with Gasteiger partial charge in [0.1, 0.15) is 0 Å². The van der Waals surface area contributed by atoms with E-state index >= 15 is 0 Å². The minimum Gasteiger partial charge on any atom is -0.357 e. The van der Waals surface area contributed by atoms with Gasteiger partial charge in [0.05, 0.1) is 5.25 Å². The van der Waals surface area contributed by atoms with E-state index in [4.69, 9.17) is 0 Å². The number of aromatic nitrogens is 2. The van der Waals surface area contributed by atoms with E-state index in [0.29, 0.717) is 19.1 Å². The molecule has 1 saturated carbocycles. The van der Waals surface area contributed by atoms with E-state index < -0.39 is 0 Å². The lowest BCUT2D eigenvalue weighted by molar-refractivity contribution is -0.131. The lowest BCUT2D eigenvalue weighted by Gasteiger charge is -2.25. The number of nitrogens with zero attached hydrogens (tertiary/aromatic N) is 3. The molecule has 4 rings (SSSR count). The standard InChI is InChI=1S/C22H24N4OS2/c1-16(28-22-25-24-21(29-22)23-19-12-13-19)20(27)26(14-17-8-4-2-5-9-17)15-18-10-6-3-7-11-18/h2-11,16,19H,12-15H2,1H3,(H,23,24). The fourth-order valence-electron chi connectivity index (χ4n) is 3.00. The molecule has 0 saturated heterocycles. The van der Waals surface area contributed by atoms with Gasteiger partial charge in [-0.2, -0.15) is 0 Å². The molecule has 1 fully saturated rings. The van der Waals surface area contributed by atoms with Gasteiger partial charge in [-0.05, 0) is 30.9 Å². The van der Waals surface area contributed by atoms with Gasteiger partial charge in [-0.1, -0.05) is 83.8 Å². The number of rotatable bonds is 9. The van der Waals surface area contributed by atoms with Crippen molar-refractivity contribution in [2.45, 2.75) is 48.5 Å². The summed E-state index contributed by atoms with van der Waals surface area (Å²) in [6, 6.07) is 20.8. The number of benzene rings is 2. The molecule has 1 aromatic heterocycles. The molecule has 0 spiro atoms. The van der Waals surface area contributed by atoms with Crippen molar-refractivity contribution in [3.63, 3.8) is 0 Å². The second-order valence-corrected chi connectivity index (χ2v) is 9.78. The molecule has 7 heteroatoms. The van der Waals surface area contributed by atoms with Crippen molar-refractivity contribution in [3.05, 3.63) is 71.8 Å². The zero-order valence-electron chi connectivity index (χ0n) is 16.3. The summed E-state index contributed by atoms with van der Waals surface area (Å²) < 4.78 is 0.827. The Morgan fingerprint density at radius 3 is 2.21 bits per heavy atom. The highest BCUT2D eigenvalue weighted by Crippen LogP contribution is 2.32. The second kappa shape index (κ2) is 9.41. The maximum absolute atomic E-state index is 13.3. The fourth-order valence-corrected chi connectivity index (χ4v) is 5.05. The molecule has 1 aliphatic carbocycles. The van der Waals surface area contributed by atoms with E-state index in [-0.39, 0.29) is 11.2 Å². The molecule has 29 heavy (non-hydrogen) atoms. The first-order valence-corrected chi connectivity index (χ1v) is 11.5. The first-order valence-electron chi connectivity index (χ1n) is 9.81. The largest absolute Gasteiger partial charge is 0.357 e. The normalized spacial score (nSPS) is 14.4. The number of carbonyl (C=O) groups is 1. The Morgan fingerprint density at radius 2 is 1.66 bits per heavy atom. The molecule has 5 nitrogen and oxygen atoms in total. The van der Waals surface area contributed by atoms with Gasteiger partial charge < -0.3 is 10.2 Å². The average molecular weight is 425 g/mol.